The summed E-state index contributed by atoms with van der Waals surface area (Å²) in [6.07, 6.45) is 2.48. The van der Waals surface area contributed by atoms with Gasteiger partial charge in [-0.2, -0.15) is 4.99 Å². The average molecular weight is 463 g/mol. The van der Waals surface area contributed by atoms with Crippen molar-refractivity contribution in [2.24, 2.45) is 9.98 Å². The number of hydrogen-bond acceptors (Lipinski definition) is 6. The maximum Gasteiger partial charge on any atom is 0.270 e. The van der Waals surface area contributed by atoms with Gasteiger partial charge in [0.15, 0.2) is 11.0 Å². The molecule has 8 heteroatoms. The second-order valence-corrected chi connectivity index (χ2v) is 8.83. The van der Waals surface area contributed by atoms with Gasteiger partial charge >= 0.3 is 0 Å². The van der Waals surface area contributed by atoms with Crippen molar-refractivity contribution in [3.63, 3.8) is 0 Å². The van der Waals surface area contributed by atoms with Crippen molar-refractivity contribution in [2.75, 3.05) is 12.3 Å². The monoisotopic (exact) mass is 462 g/mol. The fraction of sp³-hybridized carbons (Fsp3) is 0.320. The Morgan fingerprint density at radius 1 is 1.06 bits per heavy atom. The van der Waals surface area contributed by atoms with Gasteiger partial charge in [-0.3, -0.25) is 19.3 Å². The fourth-order valence-corrected chi connectivity index (χ4v) is 4.72. The Hall–Kier alpha value is -3.26. The zero-order valence-electron chi connectivity index (χ0n) is 18.5. The summed E-state index contributed by atoms with van der Waals surface area (Å²) < 4.78 is 0. The van der Waals surface area contributed by atoms with E-state index in [9.17, 15) is 14.4 Å². The second-order valence-electron chi connectivity index (χ2n) is 7.89. The number of carbonyl (C=O) groups is 3. The molecule has 0 saturated carbocycles. The van der Waals surface area contributed by atoms with E-state index >= 15 is 0 Å². The smallest absolute Gasteiger partial charge is 0.270 e. The van der Waals surface area contributed by atoms with Gasteiger partial charge in [0.2, 0.25) is 5.91 Å². The maximum absolute atomic E-state index is 12.8. The van der Waals surface area contributed by atoms with Crippen molar-refractivity contribution in [2.45, 2.75) is 38.6 Å². The molecule has 2 heterocycles. The first-order chi connectivity index (χ1) is 16.1. The van der Waals surface area contributed by atoms with Crippen LogP contribution < -0.4 is 5.32 Å². The van der Waals surface area contributed by atoms with Gasteiger partial charge < -0.3 is 5.32 Å². The molecule has 0 fully saturated rings. The number of unbranched alkanes of at least 4 members (excludes halogenated alkanes) is 1. The Balaban J connectivity index is 1.52. The number of carbonyl (C=O) groups excluding carboxylic acids is 3. The third-order valence-electron chi connectivity index (χ3n) is 5.53. The van der Waals surface area contributed by atoms with Crippen molar-refractivity contribution in [3.8, 4) is 0 Å². The number of fused-ring (bicyclic) bond motifs is 3. The molecule has 2 aromatic carbocycles. The third-order valence-corrected chi connectivity index (χ3v) is 6.49. The summed E-state index contributed by atoms with van der Waals surface area (Å²) in [6.45, 7) is 2.70. The number of thioether (sulfide) groups is 1. The number of Topliss-reactive ketones (excluding diaryl/α,β-unsaturated/α-hetero) is 1. The predicted molar refractivity (Wildman–Crippen MR) is 131 cm³/mol. The highest BCUT2D eigenvalue weighted by Crippen LogP contribution is 2.35. The molecule has 0 spiro atoms. The van der Waals surface area contributed by atoms with E-state index in [2.05, 4.69) is 17.2 Å². The molecule has 1 N–H and O–H groups in total. The summed E-state index contributed by atoms with van der Waals surface area (Å²) in [5.41, 5.74) is 2.13. The Morgan fingerprint density at radius 3 is 2.61 bits per heavy atom. The number of ketones is 1. The summed E-state index contributed by atoms with van der Waals surface area (Å²) >= 11 is 1.29. The molecule has 1 atom stereocenters. The number of amidine groups is 2. The van der Waals surface area contributed by atoms with Crippen LogP contribution >= 0.6 is 11.8 Å². The van der Waals surface area contributed by atoms with Gasteiger partial charge in [-0.1, -0.05) is 67.6 Å². The van der Waals surface area contributed by atoms with Gasteiger partial charge in [-0.05, 0) is 25.0 Å². The Kier molecular flexibility index (Phi) is 7.34. The molecular formula is C25H26N4O3S. The van der Waals surface area contributed by atoms with Crippen molar-refractivity contribution in [1.82, 2.24) is 10.2 Å². The van der Waals surface area contributed by atoms with Gasteiger partial charge in [0, 0.05) is 24.1 Å². The number of amides is 2. The molecular weight excluding hydrogens is 436 g/mol. The number of nitrogens with zero attached hydrogens (tertiary/aromatic N) is 3. The molecule has 7 nitrogen and oxygen atoms in total. The topological polar surface area (TPSA) is 91.2 Å². The lowest BCUT2D eigenvalue weighted by atomic mass is 10.1. The molecule has 33 heavy (non-hydrogen) atoms. The Bertz CT molecular complexity index is 1110. The van der Waals surface area contributed by atoms with E-state index in [1.54, 1.807) is 17.0 Å². The van der Waals surface area contributed by atoms with Crippen molar-refractivity contribution in [3.05, 3.63) is 65.7 Å². The van der Waals surface area contributed by atoms with Crippen molar-refractivity contribution >= 4 is 46.1 Å². The van der Waals surface area contributed by atoms with Crippen LogP contribution in [0, 0.1) is 0 Å². The second kappa shape index (κ2) is 10.6. The van der Waals surface area contributed by atoms with Crippen LogP contribution in [0.5, 0.6) is 0 Å². The lowest BCUT2D eigenvalue weighted by molar-refractivity contribution is -0.122. The van der Waals surface area contributed by atoms with Gasteiger partial charge in [0.05, 0.1) is 11.4 Å². The minimum atomic E-state index is -0.608. The molecule has 4 rings (SSSR count). The summed E-state index contributed by atoms with van der Waals surface area (Å²) in [6, 6.07) is 16.0. The van der Waals surface area contributed by atoms with Crippen LogP contribution in [0.2, 0.25) is 0 Å². The number of para-hydroxylation sites is 1. The molecule has 2 aliphatic heterocycles. The quantitative estimate of drug-likeness (QED) is 0.450. The Morgan fingerprint density at radius 2 is 1.82 bits per heavy atom. The van der Waals surface area contributed by atoms with Crippen molar-refractivity contribution in [1.29, 1.82) is 0 Å². The van der Waals surface area contributed by atoms with Crippen molar-refractivity contribution < 1.29 is 14.4 Å². The highest BCUT2D eigenvalue weighted by molar-refractivity contribution is 8.14. The number of nitrogens with one attached hydrogen (secondary N) is 1. The summed E-state index contributed by atoms with van der Waals surface area (Å²) in [5, 5.41) is 3.45. The molecule has 2 aromatic rings. The van der Waals surface area contributed by atoms with Gasteiger partial charge in [-0.25, -0.2) is 4.99 Å². The van der Waals surface area contributed by atoms with E-state index < -0.39 is 6.04 Å². The van der Waals surface area contributed by atoms with E-state index in [0.29, 0.717) is 35.2 Å². The largest absolute Gasteiger partial charge is 0.356 e. The van der Waals surface area contributed by atoms with Crippen LogP contribution in [0.25, 0.3) is 0 Å². The molecule has 1 unspecified atom stereocenters. The van der Waals surface area contributed by atoms with E-state index in [0.717, 1.165) is 18.4 Å². The van der Waals surface area contributed by atoms with E-state index in [4.69, 9.17) is 4.99 Å². The minimum absolute atomic E-state index is 0.0157. The highest BCUT2D eigenvalue weighted by Gasteiger charge is 2.41. The number of hydrogen-bond donors (Lipinski definition) is 1. The molecule has 0 bridgehead atoms. The van der Waals surface area contributed by atoms with Crippen LogP contribution in [0.15, 0.2) is 64.6 Å². The number of benzene rings is 2. The fourth-order valence-electron chi connectivity index (χ4n) is 3.77. The van der Waals surface area contributed by atoms with Crippen LogP contribution in [-0.2, 0) is 9.59 Å². The standard InChI is InChI=1S/C25H26N4O3S/c1-2-3-15-26-22(31)14-13-20-24(32)28-23-18-11-7-8-12-19(18)27-25(29(20)23)33-16-21(30)17-9-5-4-6-10-17/h4-12,20H,2-3,13-16H2,1H3,(H,26,31). The van der Waals surface area contributed by atoms with Crippen LogP contribution in [0.4, 0.5) is 5.69 Å². The van der Waals surface area contributed by atoms with Gasteiger partial charge in [-0.15, -0.1) is 0 Å². The molecule has 0 aromatic heterocycles. The average Bonchev–Trinajstić information content (AvgIpc) is 3.18. The lowest BCUT2D eigenvalue weighted by Gasteiger charge is -2.31. The molecule has 0 radical (unpaired) electrons. The minimum Gasteiger partial charge on any atom is -0.356 e. The van der Waals surface area contributed by atoms with E-state index in [1.165, 1.54) is 11.8 Å². The van der Waals surface area contributed by atoms with Crippen LogP contribution in [-0.4, -0.2) is 51.8 Å². The summed E-state index contributed by atoms with van der Waals surface area (Å²) in [4.78, 5) is 48.6. The zero-order valence-corrected chi connectivity index (χ0v) is 19.3. The first-order valence-electron chi connectivity index (χ1n) is 11.2. The lowest BCUT2D eigenvalue weighted by Crippen LogP contribution is -2.44. The van der Waals surface area contributed by atoms with Gasteiger partial charge in [0.1, 0.15) is 11.9 Å². The predicted octanol–water partition coefficient (Wildman–Crippen LogP) is 3.96. The molecule has 170 valence electrons. The van der Waals surface area contributed by atoms with Crippen LogP contribution in [0.3, 0.4) is 0 Å². The number of rotatable bonds is 9. The third kappa shape index (κ3) is 5.22. The number of aliphatic imine (C=N–C) groups is 2. The molecule has 0 saturated heterocycles. The zero-order chi connectivity index (χ0) is 23.2. The first-order valence-corrected chi connectivity index (χ1v) is 12.1. The highest BCUT2D eigenvalue weighted by atomic mass is 32.2. The Labute approximate surface area is 197 Å². The first kappa shape index (κ1) is 22.9. The maximum atomic E-state index is 12.8. The van der Waals surface area contributed by atoms with E-state index in [1.807, 2.05) is 42.5 Å². The molecule has 0 aliphatic carbocycles. The van der Waals surface area contributed by atoms with E-state index in [-0.39, 0.29) is 29.8 Å². The molecule has 2 aliphatic rings. The van der Waals surface area contributed by atoms with Crippen LogP contribution in [0.1, 0.15) is 48.5 Å². The summed E-state index contributed by atoms with van der Waals surface area (Å²) in [7, 11) is 0. The molecule has 2 amide bonds. The van der Waals surface area contributed by atoms with Gasteiger partial charge in [0.25, 0.3) is 5.91 Å². The normalized spacial score (nSPS) is 16.6. The SMILES string of the molecule is CCCCNC(=O)CCC1C(=O)N=C2c3ccccc3N=C(SCC(=O)c3ccccc3)N21. The summed E-state index contributed by atoms with van der Waals surface area (Å²) in [5.74, 6) is 0.348.